The van der Waals surface area contributed by atoms with E-state index < -0.39 is 18.5 Å². The van der Waals surface area contributed by atoms with E-state index in [-0.39, 0.29) is 11.7 Å². The second kappa shape index (κ2) is 6.92. The highest BCUT2D eigenvalue weighted by molar-refractivity contribution is 5.49. The van der Waals surface area contributed by atoms with E-state index >= 15 is 0 Å². The van der Waals surface area contributed by atoms with Crippen LogP contribution in [0.2, 0.25) is 0 Å². The van der Waals surface area contributed by atoms with Crippen LogP contribution < -0.4 is 10.2 Å². The Kier molecular flexibility index (Phi) is 5.80. The predicted molar refractivity (Wildman–Crippen MR) is 72.4 cm³/mol. The summed E-state index contributed by atoms with van der Waals surface area (Å²) in [5.74, 6) is -0.639. The Morgan fingerprint density at radius 3 is 2.45 bits per heavy atom. The van der Waals surface area contributed by atoms with Gasteiger partial charge < -0.3 is 10.2 Å². The highest BCUT2D eigenvalue weighted by atomic mass is 19.4. The van der Waals surface area contributed by atoms with Crippen LogP contribution in [0.5, 0.6) is 0 Å². The molecule has 1 N–H and O–H groups in total. The van der Waals surface area contributed by atoms with Gasteiger partial charge in [0, 0.05) is 13.1 Å². The van der Waals surface area contributed by atoms with Crippen molar-refractivity contribution in [1.29, 1.82) is 0 Å². The van der Waals surface area contributed by atoms with Crippen molar-refractivity contribution in [2.75, 3.05) is 25.0 Å². The van der Waals surface area contributed by atoms with Gasteiger partial charge in [-0.15, -0.1) is 0 Å². The SMILES string of the molecule is CCCNC(C)c1ccc(N(C)CC(F)(F)F)c(F)c1. The first kappa shape index (κ1) is 16.8. The molecule has 0 aliphatic carbocycles. The molecule has 1 atom stereocenters. The molecule has 6 heteroatoms. The van der Waals surface area contributed by atoms with Crippen molar-refractivity contribution in [3.05, 3.63) is 29.6 Å². The molecule has 1 rings (SSSR count). The molecule has 0 saturated heterocycles. The maximum Gasteiger partial charge on any atom is 0.405 e. The van der Waals surface area contributed by atoms with Crippen LogP contribution in [0.3, 0.4) is 0 Å². The smallest absolute Gasteiger partial charge is 0.363 e. The summed E-state index contributed by atoms with van der Waals surface area (Å²) in [4.78, 5) is 0.864. The first-order valence-corrected chi connectivity index (χ1v) is 6.55. The lowest BCUT2D eigenvalue weighted by molar-refractivity contribution is -0.119. The number of halogens is 4. The first-order chi connectivity index (χ1) is 9.24. The van der Waals surface area contributed by atoms with Crippen LogP contribution in [0.1, 0.15) is 31.9 Å². The quantitative estimate of drug-likeness (QED) is 0.800. The number of benzene rings is 1. The standard InChI is InChI=1S/C14H20F4N2/c1-4-7-19-10(2)11-5-6-13(12(15)8-11)20(3)9-14(16,17)18/h5-6,8,10,19H,4,7,9H2,1-3H3. The number of hydrogen-bond acceptors (Lipinski definition) is 2. The molecule has 0 heterocycles. The highest BCUT2D eigenvalue weighted by Crippen LogP contribution is 2.25. The highest BCUT2D eigenvalue weighted by Gasteiger charge is 2.30. The number of anilines is 1. The Hall–Kier alpha value is -1.30. The van der Waals surface area contributed by atoms with Crippen molar-refractivity contribution in [3.8, 4) is 0 Å². The van der Waals surface area contributed by atoms with Crippen LogP contribution in [0.15, 0.2) is 18.2 Å². The van der Waals surface area contributed by atoms with E-state index in [2.05, 4.69) is 5.32 Å². The molecule has 1 aromatic rings. The maximum absolute atomic E-state index is 13.9. The Morgan fingerprint density at radius 1 is 1.30 bits per heavy atom. The molecular formula is C14H20F4N2. The Morgan fingerprint density at radius 2 is 1.95 bits per heavy atom. The van der Waals surface area contributed by atoms with Gasteiger partial charge in [0.2, 0.25) is 0 Å². The van der Waals surface area contributed by atoms with Gasteiger partial charge in [-0.05, 0) is 37.6 Å². The van der Waals surface area contributed by atoms with Crippen molar-refractivity contribution < 1.29 is 17.6 Å². The topological polar surface area (TPSA) is 15.3 Å². The zero-order valence-corrected chi connectivity index (χ0v) is 11.9. The van der Waals surface area contributed by atoms with Crippen molar-refractivity contribution in [3.63, 3.8) is 0 Å². The molecule has 0 saturated carbocycles. The van der Waals surface area contributed by atoms with Crippen LogP contribution >= 0.6 is 0 Å². The van der Waals surface area contributed by atoms with E-state index in [4.69, 9.17) is 0 Å². The molecule has 20 heavy (non-hydrogen) atoms. The lowest BCUT2D eigenvalue weighted by atomic mass is 10.1. The molecule has 1 aromatic carbocycles. The van der Waals surface area contributed by atoms with Crippen molar-refractivity contribution in [2.45, 2.75) is 32.5 Å². The maximum atomic E-state index is 13.9. The van der Waals surface area contributed by atoms with E-state index in [1.807, 2.05) is 13.8 Å². The number of nitrogens with one attached hydrogen (secondary N) is 1. The number of rotatable bonds is 6. The van der Waals surface area contributed by atoms with E-state index in [0.29, 0.717) is 0 Å². The van der Waals surface area contributed by atoms with Crippen molar-refractivity contribution in [1.82, 2.24) is 5.32 Å². The zero-order valence-electron chi connectivity index (χ0n) is 11.9. The van der Waals surface area contributed by atoms with E-state index in [9.17, 15) is 17.6 Å². The molecule has 0 amide bonds. The van der Waals surface area contributed by atoms with Gasteiger partial charge in [0.25, 0.3) is 0 Å². The number of nitrogens with zero attached hydrogens (tertiary/aromatic N) is 1. The number of alkyl halides is 3. The molecule has 0 aliphatic rings. The average Bonchev–Trinajstić information content (AvgIpc) is 2.33. The van der Waals surface area contributed by atoms with Gasteiger partial charge in [-0.25, -0.2) is 4.39 Å². The molecule has 0 bridgehead atoms. The Labute approximate surface area is 116 Å². The summed E-state index contributed by atoms with van der Waals surface area (Å²) in [6.07, 6.45) is -3.39. The summed E-state index contributed by atoms with van der Waals surface area (Å²) >= 11 is 0. The van der Waals surface area contributed by atoms with Gasteiger partial charge in [0.05, 0.1) is 5.69 Å². The van der Waals surface area contributed by atoms with Gasteiger partial charge in [-0.2, -0.15) is 13.2 Å². The Bertz CT molecular complexity index is 432. The molecular weight excluding hydrogens is 272 g/mol. The Balaban J connectivity index is 2.82. The summed E-state index contributed by atoms with van der Waals surface area (Å²) < 4.78 is 50.8. The third-order valence-electron chi connectivity index (χ3n) is 3.00. The molecule has 2 nitrogen and oxygen atoms in total. The monoisotopic (exact) mass is 292 g/mol. The predicted octanol–water partition coefficient (Wildman–Crippen LogP) is 3.88. The van der Waals surface area contributed by atoms with E-state index in [1.165, 1.54) is 19.2 Å². The second-order valence-corrected chi connectivity index (χ2v) is 4.86. The fourth-order valence-corrected chi connectivity index (χ4v) is 1.93. The molecule has 1 unspecified atom stereocenters. The lowest BCUT2D eigenvalue weighted by Crippen LogP contribution is -2.31. The third kappa shape index (κ3) is 5.00. The van der Waals surface area contributed by atoms with Gasteiger partial charge in [0.15, 0.2) is 0 Å². The summed E-state index contributed by atoms with van der Waals surface area (Å²) in [5, 5.41) is 3.20. The lowest BCUT2D eigenvalue weighted by Gasteiger charge is -2.22. The van der Waals surface area contributed by atoms with Crippen molar-refractivity contribution >= 4 is 5.69 Å². The molecule has 0 fully saturated rings. The summed E-state index contributed by atoms with van der Waals surface area (Å²) in [6.45, 7) is 3.55. The average molecular weight is 292 g/mol. The van der Waals surface area contributed by atoms with Gasteiger partial charge in [-0.1, -0.05) is 13.0 Å². The summed E-state index contributed by atoms with van der Waals surface area (Å²) in [7, 11) is 1.23. The van der Waals surface area contributed by atoms with Crippen LogP contribution in [-0.2, 0) is 0 Å². The van der Waals surface area contributed by atoms with Gasteiger partial charge in [-0.3, -0.25) is 0 Å². The summed E-state index contributed by atoms with van der Waals surface area (Å²) in [5.41, 5.74) is 0.675. The minimum absolute atomic E-state index is 0.0357. The molecule has 114 valence electrons. The minimum atomic E-state index is -4.35. The second-order valence-electron chi connectivity index (χ2n) is 4.86. The summed E-state index contributed by atoms with van der Waals surface area (Å²) in [6, 6.07) is 4.29. The van der Waals surface area contributed by atoms with Crippen LogP contribution in [0.4, 0.5) is 23.2 Å². The van der Waals surface area contributed by atoms with Gasteiger partial charge >= 0.3 is 6.18 Å². The molecule has 0 radical (unpaired) electrons. The molecule has 0 aliphatic heterocycles. The third-order valence-corrected chi connectivity index (χ3v) is 3.00. The molecule has 0 spiro atoms. The van der Waals surface area contributed by atoms with Crippen LogP contribution in [-0.4, -0.2) is 26.3 Å². The van der Waals surface area contributed by atoms with Gasteiger partial charge in [0.1, 0.15) is 12.4 Å². The fraction of sp³-hybridized carbons (Fsp3) is 0.571. The fourth-order valence-electron chi connectivity index (χ4n) is 1.93. The first-order valence-electron chi connectivity index (χ1n) is 6.55. The number of hydrogen-bond donors (Lipinski definition) is 1. The molecule has 0 aromatic heterocycles. The van der Waals surface area contributed by atoms with Crippen molar-refractivity contribution in [2.24, 2.45) is 0 Å². The van der Waals surface area contributed by atoms with E-state index in [0.717, 1.165) is 23.4 Å². The van der Waals surface area contributed by atoms with Crippen LogP contribution in [0, 0.1) is 5.82 Å². The minimum Gasteiger partial charge on any atom is -0.363 e. The zero-order chi connectivity index (χ0) is 15.3. The van der Waals surface area contributed by atoms with E-state index in [1.54, 1.807) is 6.07 Å². The largest absolute Gasteiger partial charge is 0.405 e. The van der Waals surface area contributed by atoms with Crippen LogP contribution in [0.25, 0.3) is 0 Å². The normalized spacial score (nSPS) is 13.3.